The minimum absolute atomic E-state index is 0.133. The van der Waals surface area contributed by atoms with Crippen LogP contribution in [0.5, 0.6) is 11.5 Å². The van der Waals surface area contributed by atoms with E-state index in [2.05, 4.69) is 0 Å². The maximum Gasteiger partial charge on any atom is 0.339 e. The Bertz CT molecular complexity index is 1470. The van der Waals surface area contributed by atoms with Crippen molar-refractivity contribution in [1.29, 1.82) is 0 Å². The Morgan fingerprint density at radius 3 is 1.58 bits per heavy atom. The summed E-state index contributed by atoms with van der Waals surface area (Å²) >= 11 is 0. The van der Waals surface area contributed by atoms with Crippen LogP contribution in [-0.2, 0) is 36.1 Å². The summed E-state index contributed by atoms with van der Waals surface area (Å²) < 4.78 is 92.6. The SMILES string of the molecule is Cc1ccc(S(=O)(=O)Oc2ccc(OS(=O)(=O)c3ccc(C)cc3)c(CS(=O)(=O)O)c2)cc1. The molecular weight excluding hydrogens is 492 g/mol. The number of aryl methyl sites for hydroxylation is 2. The molecule has 0 unspecified atom stereocenters. The van der Waals surface area contributed by atoms with Crippen LogP contribution in [0.4, 0.5) is 0 Å². The van der Waals surface area contributed by atoms with Crippen molar-refractivity contribution < 1.29 is 38.2 Å². The van der Waals surface area contributed by atoms with Crippen molar-refractivity contribution in [2.24, 2.45) is 0 Å². The molecule has 9 nitrogen and oxygen atoms in total. The third kappa shape index (κ3) is 6.54. The molecular formula is C21H20O9S3. The van der Waals surface area contributed by atoms with E-state index in [0.717, 1.165) is 29.3 Å². The van der Waals surface area contributed by atoms with Gasteiger partial charge in [-0.2, -0.15) is 25.3 Å². The summed E-state index contributed by atoms with van der Waals surface area (Å²) in [5.74, 6) is -1.74. The minimum Gasteiger partial charge on any atom is -0.379 e. The molecule has 0 amide bonds. The van der Waals surface area contributed by atoms with Crippen LogP contribution in [0.3, 0.4) is 0 Å². The highest BCUT2D eigenvalue weighted by Gasteiger charge is 2.23. The number of hydrogen-bond donors (Lipinski definition) is 1. The van der Waals surface area contributed by atoms with Crippen molar-refractivity contribution >= 4 is 30.4 Å². The van der Waals surface area contributed by atoms with Gasteiger partial charge in [-0.25, -0.2) is 0 Å². The average Bonchev–Trinajstić information content (AvgIpc) is 2.69. The monoisotopic (exact) mass is 512 g/mol. The van der Waals surface area contributed by atoms with E-state index in [-0.39, 0.29) is 21.1 Å². The van der Waals surface area contributed by atoms with Crippen LogP contribution in [0.25, 0.3) is 0 Å². The summed E-state index contributed by atoms with van der Waals surface area (Å²) in [6.07, 6.45) is 0. The molecule has 0 radical (unpaired) electrons. The fourth-order valence-corrected chi connectivity index (χ4v) is 5.26. The third-order valence-electron chi connectivity index (χ3n) is 4.39. The topological polar surface area (TPSA) is 141 Å². The molecule has 0 bridgehead atoms. The van der Waals surface area contributed by atoms with Crippen LogP contribution in [0.2, 0.25) is 0 Å². The molecule has 0 heterocycles. The van der Waals surface area contributed by atoms with Gasteiger partial charge in [0.25, 0.3) is 10.1 Å². The van der Waals surface area contributed by atoms with Gasteiger partial charge in [-0.15, -0.1) is 0 Å². The van der Waals surface area contributed by atoms with Crippen LogP contribution in [0, 0.1) is 13.8 Å². The average molecular weight is 513 g/mol. The molecule has 0 aromatic heterocycles. The van der Waals surface area contributed by atoms with Crippen molar-refractivity contribution in [2.45, 2.75) is 29.4 Å². The third-order valence-corrected chi connectivity index (χ3v) is 7.58. The van der Waals surface area contributed by atoms with Gasteiger partial charge < -0.3 is 8.37 Å². The molecule has 3 rings (SSSR count). The summed E-state index contributed by atoms with van der Waals surface area (Å²) in [4.78, 5) is -0.306. The first-order valence-electron chi connectivity index (χ1n) is 9.36. The van der Waals surface area contributed by atoms with E-state index in [1.165, 1.54) is 24.3 Å². The van der Waals surface area contributed by atoms with Gasteiger partial charge in [0, 0.05) is 5.56 Å². The summed E-state index contributed by atoms with van der Waals surface area (Å²) in [7, 11) is -13.2. The lowest BCUT2D eigenvalue weighted by Gasteiger charge is -2.13. The fraction of sp³-hybridized carbons (Fsp3) is 0.143. The first kappa shape index (κ1) is 24.7. The Labute approximate surface area is 192 Å². The van der Waals surface area contributed by atoms with E-state index < -0.39 is 41.9 Å². The van der Waals surface area contributed by atoms with Crippen molar-refractivity contribution in [1.82, 2.24) is 0 Å². The highest BCUT2D eigenvalue weighted by atomic mass is 32.2. The Balaban J connectivity index is 1.97. The van der Waals surface area contributed by atoms with Gasteiger partial charge in [-0.05, 0) is 56.3 Å². The summed E-state index contributed by atoms with van der Waals surface area (Å²) in [6.45, 7) is 3.55. The van der Waals surface area contributed by atoms with Crippen molar-refractivity contribution in [2.75, 3.05) is 0 Å². The predicted octanol–water partition coefficient (Wildman–Crippen LogP) is 3.23. The largest absolute Gasteiger partial charge is 0.379 e. The van der Waals surface area contributed by atoms with E-state index in [4.69, 9.17) is 8.37 Å². The first-order valence-corrected chi connectivity index (χ1v) is 13.8. The van der Waals surface area contributed by atoms with Gasteiger partial charge in [-0.1, -0.05) is 35.4 Å². The zero-order chi connectivity index (χ0) is 24.4. The van der Waals surface area contributed by atoms with Crippen molar-refractivity contribution in [3.63, 3.8) is 0 Å². The summed E-state index contributed by atoms with van der Waals surface area (Å²) in [5, 5.41) is 0. The highest BCUT2D eigenvalue weighted by Crippen LogP contribution is 2.30. The lowest BCUT2D eigenvalue weighted by Crippen LogP contribution is -2.13. The molecule has 0 saturated heterocycles. The zero-order valence-corrected chi connectivity index (χ0v) is 19.9. The van der Waals surface area contributed by atoms with Gasteiger partial charge in [0.2, 0.25) is 0 Å². The van der Waals surface area contributed by atoms with Gasteiger partial charge in [0.1, 0.15) is 27.0 Å². The molecule has 0 atom stereocenters. The molecule has 33 heavy (non-hydrogen) atoms. The van der Waals surface area contributed by atoms with Gasteiger partial charge in [0.15, 0.2) is 0 Å². The molecule has 3 aromatic carbocycles. The standard InChI is InChI=1S/C21H20O9S3/c1-15-3-8-19(9-4-15)32(25,26)29-18-7-12-21(17(13-18)14-31(22,23)24)30-33(27,28)20-10-5-16(2)6-11-20/h3-13H,14H2,1-2H3,(H,22,23,24). The molecule has 0 fully saturated rings. The molecule has 0 aliphatic carbocycles. The number of benzene rings is 3. The highest BCUT2D eigenvalue weighted by molar-refractivity contribution is 7.87. The van der Waals surface area contributed by atoms with E-state index in [9.17, 15) is 29.8 Å². The van der Waals surface area contributed by atoms with Crippen LogP contribution in [-0.4, -0.2) is 29.8 Å². The molecule has 0 spiro atoms. The predicted molar refractivity (Wildman–Crippen MR) is 120 cm³/mol. The van der Waals surface area contributed by atoms with Gasteiger partial charge >= 0.3 is 20.2 Å². The molecule has 0 saturated carbocycles. The Hall–Kier alpha value is -2.93. The van der Waals surface area contributed by atoms with Crippen molar-refractivity contribution in [3.8, 4) is 11.5 Å². The summed E-state index contributed by atoms with van der Waals surface area (Å²) in [6, 6.07) is 14.7. The van der Waals surface area contributed by atoms with Crippen LogP contribution >= 0.6 is 0 Å². The van der Waals surface area contributed by atoms with Crippen molar-refractivity contribution in [3.05, 3.63) is 83.4 Å². The molecule has 0 aliphatic heterocycles. The Morgan fingerprint density at radius 2 is 1.12 bits per heavy atom. The number of rotatable bonds is 8. The number of hydrogen-bond acceptors (Lipinski definition) is 8. The lowest BCUT2D eigenvalue weighted by molar-refractivity contribution is 0.469. The molecule has 3 aromatic rings. The van der Waals surface area contributed by atoms with Crippen LogP contribution in [0.15, 0.2) is 76.5 Å². The maximum absolute atomic E-state index is 12.6. The van der Waals surface area contributed by atoms with Gasteiger partial charge in [-0.3, -0.25) is 4.55 Å². The minimum atomic E-state index is -4.62. The van der Waals surface area contributed by atoms with E-state index >= 15 is 0 Å². The molecule has 0 aliphatic rings. The van der Waals surface area contributed by atoms with E-state index in [0.29, 0.717) is 0 Å². The Kier molecular flexibility index (Phi) is 6.84. The second-order valence-corrected chi connectivity index (χ2v) is 11.7. The normalized spacial score (nSPS) is 12.3. The zero-order valence-electron chi connectivity index (χ0n) is 17.5. The van der Waals surface area contributed by atoms with Gasteiger partial charge in [0.05, 0.1) is 0 Å². The maximum atomic E-state index is 12.6. The lowest BCUT2D eigenvalue weighted by atomic mass is 10.2. The summed E-state index contributed by atoms with van der Waals surface area (Å²) in [5.41, 5.74) is 1.34. The first-order chi connectivity index (χ1) is 15.2. The Morgan fingerprint density at radius 1 is 0.667 bits per heavy atom. The van der Waals surface area contributed by atoms with Crippen LogP contribution in [0.1, 0.15) is 16.7 Å². The quantitative estimate of drug-likeness (QED) is 0.356. The van der Waals surface area contributed by atoms with E-state index in [1.54, 1.807) is 38.1 Å². The fourth-order valence-electron chi connectivity index (χ4n) is 2.75. The van der Waals surface area contributed by atoms with Crippen LogP contribution < -0.4 is 8.37 Å². The molecule has 1 N–H and O–H groups in total. The molecule has 176 valence electrons. The second kappa shape index (κ2) is 9.14. The van der Waals surface area contributed by atoms with E-state index in [1.807, 2.05) is 0 Å². The second-order valence-electron chi connectivity index (χ2n) is 7.20. The molecule has 12 heteroatoms. The smallest absolute Gasteiger partial charge is 0.339 e.